The maximum absolute atomic E-state index is 13.0. The van der Waals surface area contributed by atoms with Gasteiger partial charge in [-0.1, -0.05) is 42.1 Å². The number of allylic oxidation sites excluding steroid dienone is 1. The molecule has 4 rings (SSSR count). The Labute approximate surface area is 172 Å². The molecule has 2 aromatic carbocycles. The quantitative estimate of drug-likeness (QED) is 0.562. The van der Waals surface area contributed by atoms with Crippen molar-refractivity contribution in [2.45, 2.75) is 19.3 Å². The normalized spacial score (nSPS) is 19.0. The van der Waals surface area contributed by atoms with Gasteiger partial charge in [-0.3, -0.25) is 19.8 Å². The molecule has 0 radical (unpaired) electrons. The summed E-state index contributed by atoms with van der Waals surface area (Å²) in [6, 6.07) is 16.5. The highest BCUT2D eigenvalue weighted by Crippen LogP contribution is 2.43. The largest absolute Gasteiger partial charge is 0.343 e. The van der Waals surface area contributed by atoms with Crippen LogP contribution in [0.5, 0.6) is 0 Å². The van der Waals surface area contributed by atoms with Crippen molar-refractivity contribution in [3.63, 3.8) is 0 Å². The Bertz CT molecular complexity index is 1080. The Morgan fingerprint density at radius 3 is 2.76 bits per heavy atom. The average molecular weight is 406 g/mol. The van der Waals surface area contributed by atoms with Gasteiger partial charge in [0.1, 0.15) is 0 Å². The Morgan fingerprint density at radius 2 is 2.03 bits per heavy atom. The van der Waals surface area contributed by atoms with E-state index in [1.165, 1.54) is 23.9 Å². The summed E-state index contributed by atoms with van der Waals surface area (Å²) in [5.41, 5.74) is 3.27. The van der Waals surface area contributed by atoms with Crippen molar-refractivity contribution in [2.75, 3.05) is 17.4 Å². The van der Waals surface area contributed by atoms with Crippen LogP contribution >= 0.6 is 11.8 Å². The van der Waals surface area contributed by atoms with Gasteiger partial charge < -0.3 is 4.90 Å². The fourth-order valence-corrected chi connectivity index (χ4v) is 4.93. The van der Waals surface area contributed by atoms with E-state index in [2.05, 4.69) is 11.0 Å². The van der Waals surface area contributed by atoms with Crippen molar-refractivity contribution in [2.24, 2.45) is 0 Å². The van der Waals surface area contributed by atoms with Gasteiger partial charge in [0.15, 0.2) is 0 Å². The first-order valence-electron chi connectivity index (χ1n) is 9.12. The summed E-state index contributed by atoms with van der Waals surface area (Å²) in [6.07, 6.45) is 0.121. The molecule has 1 saturated heterocycles. The molecule has 0 saturated carbocycles. The number of nitro groups is 1. The van der Waals surface area contributed by atoms with Crippen LogP contribution in [0.3, 0.4) is 0 Å². The lowest BCUT2D eigenvalue weighted by molar-refractivity contribution is -0.384. The predicted octanol–water partition coefficient (Wildman–Crippen LogP) is 4.12. The van der Waals surface area contributed by atoms with Crippen LogP contribution in [0.1, 0.15) is 23.5 Å². The molecular formula is C21H18N4O3S. The number of anilines is 1. The van der Waals surface area contributed by atoms with Crippen LogP contribution in [0.4, 0.5) is 11.4 Å². The number of aryl methyl sites for hydroxylation is 1. The summed E-state index contributed by atoms with van der Waals surface area (Å²) < 4.78 is 0. The molecule has 29 heavy (non-hydrogen) atoms. The number of nitriles is 1. The average Bonchev–Trinajstić information content (AvgIpc) is 2.74. The maximum atomic E-state index is 13.0. The first-order valence-corrected chi connectivity index (χ1v) is 10.1. The molecule has 146 valence electrons. The van der Waals surface area contributed by atoms with E-state index < -0.39 is 10.8 Å². The van der Waals surface area contributed by atoms with E-state index in [-0.39, 0.29) is 18.0 Å². The molecule has 1 atom stereocenters. The number of rotatable bonds is 3. The van der Waals surface area contributed by atoms with Gasteiger partial charge >= 0.3 is 0 Å². The van der Waals surface area contributed by atoms with Crippen LogP contribution in [0.2, 0.25) is 0 Å². The van der Waals surface area contributed by atoms with Gasteiger partial charge in [-0.05, 0) is 24.1 Å². The molecule has 2 aromatic rings. The number of para-hydroxylation sites is 1. The highest BCUT2D eigenvalue weighted by atomic mass is 32.2. The molecule has 7 nitrogen and oxygen atoms in total. The first kappa shape index (κ1) is 19.0. The van der Waals surface area contributed by atoms with Gasteiger partial charge in [-0.25, -0.2) is 0 Å². The summed E-state index contributed by atoms with van der Waals surface area (Å²) in [7, 11) is 0. The number of benzene rings is 2. The van der Waals surface area contributed by atoms with Crippen molar-refractivity contribution in [1.82, 2.24) is 4.90 Å². The third kappa shape index (κ3) is 3.45. The lowest BCUT2D eigenvalue weighted by Crippen LogP contribution is -2.47. The molecule has 0 N–H and O–H groups in total. The second-order valence-corrected chi connectivity index (χ2v) is 7.94. The molecule has 1 fully saturated rings. The number of amides is 1. The molecule has 1 amide bonds. The van der Waals surface area contributed by atoms with Crippen molar-refractivity contribution in [3.8, 4) is 6.07 Å². The zero-order valence-electron chi connectivity index (χ0n) is 15.7. The number of nitrogens with zero attached hydrogens (tertiary/aromatic N) is 4. The van der Waals surface area contributed by atoms with E-state index in [0.29, 0.717) is 28.7 Å². The third-order valence-corrected chi connectivity index (χ3v) is 6.39. The van der Waals surface area contributed by atoms with Gasteiger partial charge in [0, 0.05) is 30.2 Å². The lowest BCUT2D eigenvalue weighted by Gasteiger charge is -2.42. The van der Waals surface area contributed by atoms with Gasteiger partial charge in [0.05, 0.1) is 34.1 Å². The maximum Gasteiger partial charge on any atom is 0.269 e. The van der Waals surface area contributed by atoms with E-state index in [0.717, 1.165) is 11.3 Å². The first-order chi connectivity index (χ1) is 14.0. The van der Waals surface area contributed by atoms with Gasteiger partial charge in [-0.2, -0.15) is 5.26 Å². The highest BCUT2D eigenvalue weighted by molar-refractivity contribution is 8.03. The molecule has 0 bridgehead atoms. The van der Waals surface area contributed by atoms with E-state index in [4.69, 9.17) is 0 Å². The fourth-order valence-electron chi connectivity index (χ4n) is 3.77. The molecule has 0 aliphatic carbocycles. The zero-order chi connectivity index (χ0) is 20.5. The van der Waals surface area contributed by atoms with Gasteiger partial charge in [-0.15, -0.1) is 0 Å². The van der Waals surface area contributed by atoms with Crippen molar-refractivity contribution in [3.05, 3.63) is 80.4 Å². The second kappa shape index (κ2) is 7.60. The van der Waals surface area contributed by atoms with Crippen LogP contribution < -0.4 is 4.90 Å². The van der Waals surface area contributed by atoms with Gasteiger partial charge in [0.2, 0.25) is 5.91 Å². The van der Waals surface area contributed by atoms with Crippen molar-refractivity contribution < 1.29 is 9.72 Å². The molecule has 2 heterocycles. The minimum Gasteiger partial charge on any atom is -0.343 e. The molecule has 2 aliphatic rings. The number of nitro benzene ring substituents is 1. The number of thioether (sulfide) groups is 1. The van der Waals surface area contributed by atoms with Crippen LogP contribution in [0.15, 0.2) is 59.1 Å². The van der Waals surface area contributed by atoms with Gasteiger partial charge in [0.25, 0.3) is 5.69 Å². The van der Waals surface area contributed by atoms with E-state index in [9.17, 15) is 20.2 Å². The number of carbonyl (C=O) groups is 1. The predicted molar refractivity (Wildman–Crippen MR) is 111 cm³/mol. The summed E-state index contributed by atoms with van der Waals surface area (Å²) in [5, 5.41) is 21.6. The van der Waals surface area contributed by atoms with Crippen LogP contribution in [-0.4, -0.2) is 28.3 Å². The molecule has 0 spiro atoms. The molecule has 0 unspecified atom stereocenters. The number of carbonyl (C=O) groups excluding carboxylic acids is 1. The van der Waals surface area contributed by atoms with Crippen molar-refractivity contribution >= 4 is 29.0 Å². The number of fused-ring (bicyclic) bond motifs is 1. The Balaban J connectivity index is 1.69. The van der Waals surface area contributed by atoms with Crippen LogP contribution in [0.25, 0.3) is 0 Å². The van der Waals surface area contributed by atoms with Crippen LogP contribution in [-0.2, 0) is 4.79 Å². The minimum atomic E-state index is -0.463. The highest BCUT2D eigenvalue weighted by Gasteiger charge is 2.38. The summed E-state index contributed by atoms with van der Waals surface area (Å²) in [4.78, 5) is 27.4. The smallest absolute Gasteiger partial charge is 0.269 e. The Hall–Kier alpha value is -3.31. The summed E-state index contributed by atoms with van der Waals surface area (Å²) in [5.74, 6) is 0.0778. The number of hydrogen-bond donors (Lipinski definition) is 0. The monoisotopic (exact) mass is 406 g/mol. The molecule has 0 aromatic heterocycles. The van der Waals surface area contributed by atoms with Crippen molar-refractivity contribution in [1.29, 1.82) is 5.26 Å². The minimum absolute atomic E-state index is 0.0401. The SMILES string of the molecule is Cc1ccccc1N1CSC2=C(C#N)[C@H](c3cccc([N+](=O)[O-])c3)CC(=O)N2C1. The van der Waals surface area contributed by atoms with Crippen LogP contribution in [0, 0.1) is 28.4 Å². The Morgan fingerprint density at radius 1 is 1.24 bits per heavy atom. The number of hydrogen-bond acceptors (Lipinski definition) is 6. The third-order valence-electron chi connectivity index (χ3n) is 5.23. The van der Waals surface area contributed by atoms with E-state index in [1.54, 1.807) is 17.0 Å². The Kier molecular flexibility index (Phi) is 4.99. The molecule has 2 aliphatic heterocycles. The lowest BCUT2D eigenvalue weighted by atomic mass is 9.86. The molecule has 8 heteroatoms. The summed E-state index contributed by atoms with van der Waals surface area (Å²) >= 11 is 1.46. The second-order valence-electron chi connectivity index (χ2n) is 7.00. The van der Waals surface area contributed by atoms with E-state index in [1.807, 2.05) is 31.2 Å². The zero-order valence-corrected chi connectivity index (χ0v) is 16.6. The standard InChI is InChI=1S/C21H18N4O3S/c1-14-5-2-3-8-19(14)23-12-24-20(26)10-17(18(11-22)21(24)29-13-23)15-6-4-7-16(9-15)25(27)28/h2-9,17H,10,12-13H2,1H3/t17-/m0/s1. The topological polar surface area (TPSA) is 90.5 Å². The molecular weight excluding hydrogens is 388 g/mol. The fraction of sp³-hybridized carbons (Fsp3) is 0.238. The number of non-ortho nitro benzene ring substituents is 1. The van der Waals surface area contributed by atoms with E-state index >= 15 is 0 Å². The summed E-state index contributed by atoms with van der Waals surface area (Å²) in [6.45, 7) is 2.42.